The van der Waals surface area contributed by atoms with E-state index in [2.05, 4.69) is 69.4 Å². The second-order valence-electron chi connectivity index (χ2n) is 7.67. The van der Waals surface area contributed by atoms with Crippen molar-refractivity contribution in [1.29, 1.82) is 0 Å². The summed E-state index contributed by atoms with van der Waals surface area (Å²) in [5.74, 6) is 1.87. The van der Waals surface area contributed by atoms with Gasteiger partial charge in [-0.2, -0.15) is 0 Å². The SMILES string of the molecule is COc1ccc(C(c2nc3ccccc3[nH]2)N2CCN(c3ccccc3)CC2)cc1. The quantitative estimate of drug-likeness (QED) is 0.538. The van der Waals surface area contributed by atoms with Crippen molar-refractivity contribution in [3.63, 3.8) is 0 Å². The highest BCUT2D eigenvalue weighted by Crippen LogP contribution is 2.31. The number of aromatic amines is 1. The molecule has 4 aromatic rings. The third kappa shape index (κ3) is 3.64. The first kappa shape index (κ1) is 18.7. The summed E-state index contributed by atoms with van der Waals surface area (Å²) in [6.45, 7) is 3.94. The Morgan fingerprint density at radius 1 is 0.833 bits per heavy atom. The minimum Gasteiger partial charge on any atom is -0.497 e. The largest absolute Gasteiger partial charge is 0.497 e. The van der Waals surface area contributed by atoms with E-state index in [4.69, 9.17) is 9.72 Å². The number of ether oxygens (including phenoxy) is 1. The molecule has 5 heteroatoms. The molecule has 0 bridgehead atoms. The summed E-state index contributed by atoms with van der Waals surface area (Å²) >= 11 is 0. The van der Waals surface area contributed by atoms with Crippen LogP contribution in [0, 0.1) is 0 Å². The molecule has 1 N–H and O–H groups in total. The van der Waals surface area contributed by atoms with Gasteiger partial charge in [-0.1, -0.05) is 42.5 Å². The number of fused-ring (bicyclic) bond motifs is 1. The summed E-state index contributed by atoms with van der Waals surface area (Å²) < 4.78 is 5.37. The van der Waals surface area contributed by atoms with Gasteiger partial charge in [0, 0.05) is 31.9 Å². The van der Waals surface area contributed by atoms with Crippen molar-refractivity contribution in [3.05, 3.63) is 90.3 Å². The van der Waals surface area contributed by atoms with Crippen LogP contribution < -0.4 is 9.64 Å². The highest BCUT2D eigenvalue weighted by Gasteiger charge is 2.29. The number of rotatable bonds is 5. The molecule has 1 aliphatic heterocycles. The number of piperazine rings is 1. The topological polar surface area (TPSA) is 44.4 Å². The monoisotopic (exact) mass is 398 g/mol. The van der Waals surface area contributed by atoms with E-state index >= 15 is 0 Å². The van der Waals surface area contributed by atoms with Gasteiger partial charge in [-0.3, -0.25) is 4.90 Å². The number of anilines is 1. The van der Waals surface area contributed by atoms with Gasteiger partial charge in [-0.05, 0) is 42.0 Å². The fourth-order valence-corrected chi connectivity index (χ4v) is 4.31. The molecule has 0 saturated carbocycles. The van der Waals surface area contributed by atoms with Gasteiger partial charge in [0.1, 0.15) is 11.6 Å². The van der Waals surface area contributed by atoms with E-state index in [1.165, 1.54) is 11.3 Å². The first-order valence-electron chi connectivity index (χ1n) is 10.4. The fraction of sp³-hybridized carbons (Fsp3) is 0.240. The summed E-state index contributed by atoms with van der Waals surface area (Å²) in [6.07, 6.45) is 0. The Kier molecular flexibility index (Phi) is 5.11. The molecular weight excluding hydrogens is 372 g/mol. The smallest absolute Gasteiger partial charge is 0.129 e. The average molecular weight is 399 g/mol. The molecule has 1 fully saturated rings. The number of nitrogens with zero attached hydrogens (tertiary/aromatic N) is 3. The van der Waals surface area contributed by atoms with Crippen LogP contribution in [0.4, 0.5) is 5.69 Å². The van der Waals surface area contributed by atoms with Crippen molar-refractivity contribution in [1.82, 2.24) is 14.9 Å². The van der Waals surface area contributed by atoms with Crippen LogP contribution in [0.3, 0.4) is 0 Å². The van der Waals surface area contributed by atoms with Crippen LogP contribution in [-0.2, 0) is 0 Å². The number of hydrogen-bond acceptors (Lipinski definition) is 4. The lowest BCUT2D eigenvalue weighted by atomic mass is 10.0. The molecule has 152 valence electrons. The second kappa shape index (κ2) is 8.20. The molecule has 3 aromatic carbocycles. The summed E-state index contributed by atoms with van der Waals surface area (Å²) in [5.41, 5.74) is 4.60. The van der Waals surface area contributed by atoms with Crippen molar-refractivity contribution >= 4 is 16.7 Å². The lowest BCUT2D eigenvalue weighted by Gasteiger charge is -2.39. The zero-order chi connectivity index (χ0) is 20.3. The Morgan fingerprint density at radius 2 is 1.53 bits per heavy atom. The van der Waals surface area contributed by atoms with Gasteiger partial charge in [0.15, 0.2) is 0 Å². The number of methoxy groups -OCH3 is 1. The number of imidazole rings is 1. The van der Waals surface area contributed by atoms with Gasteiger partial charge < -0.3 is 14.6 Å². The molecule has 5 rings (SSSR count). The highest BCUT2D eigenvalue weighted by molar-refractivity contribution is 5.75. The molecule has 0 radical (unpaired) electrons. The van der Waals surface area contributed by atoms with Gasteiger partial charge >= 0.3 is 0 Å². The van der Waals surface area contributed by atoms with Crippen molar-refractivity contribution < 1.29 is 4.74 Å². The minimum atomic E-state index is 0.0845. The zero-order valence-corrected chi connectivity index (χ0v) is 17.2. The van der Waals surface area contributed by atoms with Gasteiger partial charge in [0.25, 0.3) is 0 Å². The maximum absolute atomic E-state index is 5.37. The van der Waals surface area contributed by atoms with Crippen LogP contribution in [0.5, 0.6) is 5.75 Å². The van der Waals surface area contributed by atoms with Gasteiger partial charge in [-0.15, -0.1) is 0 Å². The van der Waals surface area contributed by atoms with Crippen LogP contribution in [-0.4, -0.2) is 48.2 Å². The first-order chi connectivity index (χ1) is 14.8. The lowest BCUT2D eigenvalue weighted by molar-refractivity contribution is 0.206. The van der Waals surface area contributed by atoms with E-state index in [1.807, 2.05) is 24.3 Å². The molecule has 30 heavy (non-hydrogen) atoms. The van der Waals surface area contributed by atoms with E-state index in [0.717, 1.165) is 48.8 Å². The Morgan fingerprint density at radius 3 is 2.23 bits per heavy atom. The molecule has 1 aromatic heterocycles. The van der Waals surface area contributed by atoms with E-state index in [0.29, 0.717) is 0 Å². The van der Waals surface area contributed by atoms with Crippen LogP contribution in [0.15, 0.2) is 78.9 Å². The maximum Gasteiger partial charge on any atom is 0.129 e. The Balaban J connectivity index is 1.45. The van der Waals surface area contributed by atoms with Crippen molar-refractivity contribution in [2.45, 2.75) is 6.04 Å². The first-order valence-corrected chi connectivity index (χ1v) is 10.4. The predicted molar refractivity (Wildman–Crippen MR) is 121 cm³/mol. The molecule has 1 unspecified atom stereocenters. The third-order valence-corrected chi connectivity index (χ3v) is 5.90. The fourth-order valence-electron chi connectivity index (χ4n) is 4.31. The highest BCUT2D eigenvalue weighted by atomic mass is 16.5. The van der Waals surface area contributed by atoms with Crippen LogP contribution in [0.25, 0.3) is 11.0 Å². The van der Waals surface area contributed by atoms with Crippen LogP contribution in [0.2, 0.25) is 0 Å². The van der Waals surface area contributed by atoms with Crippen LogP contribution in [0.1, 0.15) is 17.4 Å². The number of benzene rings is 3. The molecule has 2 heterocycles. The minimum absolute atomic E-state index is 0.0845. The zero-order valence-electron chi connectivity index (χ0n) is 17.2. The standard InChI is InChI=1S/C25H26N4O/c1-30-21-13-11-19(12-14-21)24(25-26-22-9-5-6-10-23(22)27-25)29-17-15-28(16-18-29)20-7-3-2-4-8-20/h2-14,24H,15-18H2,1H3,(H,26,27). The summed E-state index contributed by atoms with van der Waals surface area (Å²) in [5, 5.41) is 0. The third-order valence-electron chi connectivity index (χ3n) is 5.90. The van der Waals surface area contributed by atoms with E-state index in [-0.39, 0.29) is 6.04 Å². The van der Waals surface area contributed by atoms with E-state index in [9.17, 15) is 0 Å². The molecule has 1 aliphatic rings. The summed E-state index contributed by atoms with van der Waals surface area (Å²) in [4.78, 5) is 13.5. The Hall–Kier alpha value is -3.31. The van der Waals surface area contributed by atoms with Crippen molar-refractivity contribution in [2.24, 2.45) is 0 Å². The Bertz CT molecular complexity index is 1070. The van der Waals surface area contributed by atoms with E-state index < -0.39 is 0 Å². The lowest BCUT2D eigenvalue weighted by Crippen LogP contribution is -2.48. The van der Waals surface area contributed by atoms with Gasteiger partial charge in [0.05, 0.1) is 24.2 Å². The average Bonchev–Trinajstić information content (AvgIpc) is 3.24. The van der Waals surface area contributed by atoms with Crippen LogP contribution >= 0.6 is 0 Å². The molecular formula is C25H26N4O. The number of H-pyrrole nitrogens is 1. The molecule has 1 atom stereocenters. The predicted octanol–water partition coefficient (Wildman–Crippen LogP) is 4.48. The number of aromatic nitrogens is 2. The van der Waals surface area contributed by atoms with Crippen molar-refractivity contribution in [2.75, 3.05) is 38.2 Å². The van der Waals surface area contributed by atoms with E-state index in [1.54, 1.807) is 7.11 Å². The van der Waals surface area contributed by atoms with Crippen molar-refractivity contribution in [3.8, 4) is 5.75 Å². The number of nitrogens with one attached hydrogen (secondary N) is 1. The number of para-hydroxylation sites is 3. The second-order valence-corrected chi connectivity index (χ2v) is 7.67. The summed E-state index contributed by atoms with van der Waals surface area (Å²) in [7, 11) is 1.70. The molecule has 0 aliphatic carbocycles. The van der Waals surface area contributed by atoms with Gasteiger partial charge in [0.2, 0.25) is 0 Å². The normalized spacial score (nSPS) is 16.0. The van der Waals surface area contributed by atoms with Gasteiger partial charge in [-0.25, -0.2) is 4.98 Å². The molecule has 5 nitrogen and oxygen atoms in total. The molecule has 1 saturated heterocycles. The maximum atomic E-state index is 5.37. The molecule has 0 spiro atoms. The molecule has 0 amide bonds. The number of hydrogen-bond donors (Lipinski definition) is 1. The Labute approximate surface area is 176 Å². The summed E-state index contributed by atoms with van der Waals surface area (Å²) in [6, 6.07) is 27.4.